The number of thiazole rings is 1. The highest BCUT2D eigenvalue weighted by Gasteiger charge is 2.41. The van der Waals surface area contributed by atoms with Crippen LogP contribution in [0.1, 0.15) is 44.3 Å². The molecule has 0 radical (unpaired) electrons. The molecule has 11 heteroatoms. The van der Waals surface area contributed by atoms with E-state index in [1.807, 2.05) is 19.2 Å². The first-order valence-electron chi connectivity index (χ1n) is 10.4. The molecule has 2 aliphatic rings. The van der Waals surface area contributed by atoms with Crippen LogP contribution in [0.5, 0.6) is 0 Å². The summed E-state index contributed by atoms with van der Waals surface area (Å²) in [7, 11) is 0. The van der Waals surface area contributed by atoms with Crippen LogP contribution in [0.15, 0.2) is 22.5 Å². The van der Waals surface area contributed by atoms with Crippen molar-refractivity contribution in [1.82, 2.24) is 15.6 Å². The fourth-order valence-corrected chi connectivity index (χ4v) is 5.19. The highest BCUT2D eigenvalue weighted by molar-refractivity contribution is 8.14. The molecule has 3 atom stereocenters. The molecule has 0 aromatic carbocycles. The Morgan fingerprint density at radius 1 is 1.38 bits per heavy atom. The lowest BCUT2D eigenvalue weighted by Crippen LogP contribution is -2.53. The smallest absolute Gasteiger partial charge is 0.329 e. The molecule has 3 rings (SSSR count). The highest BCUT2D eigenvalue weighted by atomic mass is 35.5. The van der Waals surface area contributed by atoms with Gasteiger partial charge in [0.15, 0.2) is 0 Å². The first-order valence-corrected chi connectivity index (χ1v) is 12.8. The van der Waals surface area contributed by atoms with E-state index in [1.165, 1.54) is 23.1 Å². The molecule has 1 aromatic rings. The van der Waals surface area contributed by atoms with Gasteiger partial charge in [-0.15, -0.1) is 34.7 Å². The molecule has 1 aromatic heterocycles. The van der Waals surface area contributed by atoms with E-state index in [4.69, 9.17) is 16.3 Å². The fraction of sp³-hybridized carbons (Fsp3) is 0.571. The van der Waals surface area contributed by atoms with Crippen molar-refractivity contribution in [2.24, 2.45) is 10.9 Å². The van der Waals surface area contributed by atoms with E-state index in [0.29, 0.717) is 28.8 Å². The zero-order chi connectivity index (χ0) is 23.3. The predicted octanol–water partition coefficient (Wildman–Crippen LogP) is 2.65. The van der Waals surface area contributed by atoms with Crippen LogP contribution in [0.2, 0.25) is 0 Å². The maximum Gasteiger partial charge on any atom is 0.329 e. The van der Waals surface area contributed by atoms with Gasteiger partial charge in [0.1, 0.15) is 33.4 Å². The predicted molar refractivity (Wildman–Crippen MR) is 127 cm³/mol. The van der Waals surface area contributed by atoms with Crippen LogP contribution < -0.4 is 10.6 Å². The number of carbonyl (C=O) groups excluding carboxylic acids is 3. The molecule has 0 fully saturated rings. The Morgan fingerprint density at radius 3 is 2.88 bits per heavy atom. The number of carbonyl (C=O) groups is 3. The van der Waals surface area contributed by atoms with Crippen molar-refractivity contribution in [3.8, 4) is 0 Å². The number of ether oxygens (including phenoxy) is 1. The number of amides is 2. The molecule has 2 N–H and O–H groups in total. The second-order valence-corrected chi connectivity index (χ2v) is 10.4. The first kappa shape index (κ1) is 24.7. The third-order valence-corrected chi connectivity index (χ3v) is 7.37. The Morgan fingerprint density at radius 2 is 2.16 bits per heavy atom. The van der Waals surface area contributed by atoms with E-state index in [9.17, 15) is 14.4 Å². The lowest BCUT2D eigenvalue weighted by Gasteiger charge is -2.27. The largest absolute Gasteiger partial charge is 0.456 e. The maximum atomic E-state index is 13.1. The summed E-state index contributed by atoms with van der Waals surface area (Å²) in [6.07, 6.45) is 3.21. The molecule has 0 saturated carbocycles. The molecular weight excluding hydrogens is 472 g/mol. The summed E-state index contributed by atoms with van der Waals surface area (Å²) in [4.78, 5) is 47.7. The first-order chi connectivity index (χ1) is 15.2. The number of esters is 1. The molecule has 0 unspecified atom stereocenters. The zero-order valence-corrected chi connectivity index (χ0v) is 20.6. The number of halogens is 1. The SMILES string of the molecule is CC(C)[C@@H]1NC(=O)[C@]2(C)CSC(=N2)c2csc(n2)CNC(=O)C[C@@H](/C=C/CCCl)OC1=O. The number of nitrogens with zero attached hydrogens (tertiary/aromatic N) is 2. The van der Waals surface area contributed by atoms with E-state index in [-0.39, 0.29) is 30.7 Å². The van der Waals surface area contributed by atoms with Crippen molar-refractivity contribution in [3.63, 3.8) is 0 Å². The number of fused-ring (bicyclic) bond motifs is 4. The van der Waals surface area contributed by atoms with E-state index >= 15 is 0 Å². The van der Waals surface area contributed by atoms with Crippen molar-refractivity contribution < 1.29 is 19.1 Å². The lowest BCUT2D eigenvalue weighted by atomic mass is 10.0. The van der Waals surface area contributed by atoms with Gasteiger partial charge in [-0.3, -0.25) is 14.6 Å². The number of rotatable bonds is 4. The Balaban J connectivity index is 1.92. The Kier molecular flexibility index (Phi) is 8.35. The summed E-state index contributed by atoms with van der Waals surface area (Å²) in [6, 6.07) is -0.866. The number of alkyl halides is 1. The normalized spacial score (nSPS) is 27.3. The molecule has 3 heterocycles. The van der Waals surface area contributed by atoms with Crippen molar-refractivity contribution in [2.75, 3.05) is 11.6 Å². The minimum Gasteiger partial charge on any atom is -0.456 e. The Bertz CT molecular complexity index is 933. The number of nitrogens with one attached hydrogen (secondary N) is 2. The average Bonchev–Trinajstić information content (AvgIpc) is 3.37. The number of allylic oxidation sites excluding steroid dienone is 1. The monoisotopic (exact) mass is 498 g/mol. The number of aliphatic imine (C=N–C) groups is 1. The second-order valence-electron chi connectivity index (χ2n) is 8.16. The molecule has 0 aliphatic carbocycles. The summed E-state index contributed by atoms with van der Waals surface area (Å²) >= 11 is 8.60. The molecule has 4 bridgehead atoms. The third kappa shape index (κ3) is 6.11. The molecule has 0 saturated heterocycles. The summed E-state index contributed by atoms with van der Waals surface area (Å²) in [6.45, 7) is 5.67. The van der Waals surface area contributed by atoms with Gasteiger partial charge in [-0.2, -0.15) is 0 Å². The van der Waals surface area contributed by atoms with Gasteiger partial charge in [-0.25, -0.2) is 9.78 Å². The van der Waals surface area contributed by atoms with E-state index in [2.05, 4.69) is 20.6 Å². The van der Waals surface area contributed by atoms with Gasteiger partial charge in [-0.1, -0.05) is 19.9 Å². The van der Waals surface area contributed by atoms with Crippen LogP contribution in [0.3, 0.4) is 0 Å². The molecule has 2 amide bonds. The summed E-state index contributed by atoms with van der Waals surface area (Å²) in [5.41, 5.74) is -0.322. The number of hydrogen-bond donors (Lipinski definition) is 2. The number of thioether (sulfide) groups is 1. The molecule has 2 aliphatic heterocycles. The average molecular weight is 499 g/mol. The zero-order valence-electron chi connectivity index (χ0n) is 18.2. The maximum absolute atomic E-state index is 13.1. The Labute approximate surface area is 200 Å². The van der Waals surface area contributed by atoms with Gasteiger partial charge in [0.2, 0.25) is 11.8 Å². The van der Waals surface area contributed by atoms with Crippen molar-refractivity contribution in [1.29, 1.82) is 0 Å². The Hall–Kier alpha value is -1.91. The molecule has 0 spiro atoms. The van der Waals surface area contributed by atoms with Crippen LogP contribution in [-0.2, 0) is 25.7 Å². The van der Waals surface area contributed by atoms with Gasteiger partial charge in [0, 0.05) is 17.0 Å². The van der Waals surface area contributed by atoms with E-state index < -0.39 is 23.7 Å². The van der Waals surface area contributed by atoms with Crippen LogP contribution in [0, 0.1) is 5.92 Å². The van der Waals surface area contributed by atoms with Gasteiger partial charge in [0.25, 0.3) is 0 Å². The quantitative estimate of drug-likeness (QED) is 0.375. The standard InChI is InChI=1S/C21H27ClN4O4S2/c1-12(2)17-19(28)30-13(6-4-5-7-22)8-15(27)23-9-16-24-14(10-31-16)18-26-21(3,11-32-18)20(29)25-17/h4,6,10,12-13,17H,5,7-9,11H2,1-3H3,(H,23,27)(H,25,29)/b6-4+/t13-,17+,21+/m1/s1. The van der Waals surface area contributed by atoms with E-state index in [1.54, 1.807) is 19.1 Å². The fourth-order valence-electron chi connectivity index (χ4n) is 3.14. The van der Waals surface area contributed by atoms with Gasteiger partial charge in [0.05, 0.1) is 13.0 Å². The topological polar surface area (TPSA) is 110 Å². The third-order valence-electron chi connectivity index (χ3n) is 5.02. The number of cyclic esters (lactones) is 1. The molecule has 174 valence electrons. The summed E-state index contributed by atoms with van der Waals surface area (Å²) in [5.74, 6) is -0.553. The summed E-state index contributed by atoms with van der Waals surface area (Å²) in [5, 5.41) is 8.92. The second kappa shape index (κ2) is 10.8. The minimum atomic E-state index is -1.01. The van der Waals surface area contributed by atoms with Gasteiger partial charge < -0.3 is 15.4 Å². The van der Waals surface area contributed by atoms with Gasteiger partial charge in [-0.05, 0) is 25.3 Å². The number of hydrogen-bond acceptors (Lipinski definition) is 8. The molecule has 8 nitrogen and oxygen atoms in total. The number of aromatic nitrogens is 1. The lowest BCUT2D eigenvalue weighted by molar-refractivity contribution is -0.153. The minimum absolute atomic E-state index is 0.0399. The van der Waals surface area contributed by atoms with E-state index in [0.717, 1.165) is 5.01 Å². The van der Waals surface area contributed by atoms with Crippen LogP contribution >= 0.6 is 34.7 Å². The van der Waals surface area contributed by atoms with Crippen LogP contribution in [0.4, 0.5) is 0 Å². The summed E-state index contributed by atoms with van der Waals surface area (Å²) < 4.78 is 5.63. The van der Waals surface area contributed by atoms with Crippen LogP contribution in [-0.4, -0.2) is 57.1 Å². The van der Waals surface area contributed by atoms with Crippen molar-refractivity contribution >= 4 is 57.5 Å². The van der Waals surface area contributed by atoms with Crippen LogP contribution in [0.25, 0.3) is 0 Å². The highest BCUT2D eigenvalue weighted by Crippen LogP contribution is 2.32. The van der Waals surface area contributed by atoms with Crippen molar-refractivity contribution in [2.45, 2.75) is 57.8 Å². The molecular formula is C21H27ClN4O4S2. The van der Waals surface area contributed by atoms with Gasteiger partial charge >= 0.3 is 5.97 Å². The molecule has 32 heavy (non-hydrogen) atoms. The van der Waals surface area contributed by atoms with Crippen molar-refractivity contribution in [3.05, 3.63) is 28.2 Å².